The standard InChI is InChI=1S/C12H20BrNO2/c13-8-11-9-16-7-6-14(11)12(15)10-4-2-1-3-5-10/h10-11H,1-9H2. The van der Waals surface area contributed by atoms with Crippen LogP contribution in [0.1, 0.15) is 32.1 Å². The van der Waals surface area contributed by atoms with Gasteiger partial charge in [-0.15, -0.1) is 0 Å². The highest BCUT2D eigenvalue weighted by Crippen LogP contribution is 2.26. The van der Waals surface area contributed by atoms with Gasteiger partial charge in [-0.3, -0.25) is 4.79 Å². The van der Waals surface area contributed by atoms with Gasteiger partial charge in [-0.2, -0.15) is 0 Å². The topological polar surface area (TPSA) is 29.5 Å². The van der Waals surface area contributed by atoms with E-state index >= 15 is 0 Å². The highest BCUT2D eigenvalue weighted by molar-refractivity contribution is 9.09. The molecule has 0 aromatic carbocycles. The molecule has 3 nitrogen and oxygen atoms in total. The number of hydrogen-bond acceptors (Lipinski definition) is 2. The highest BCUT2D eigenvalue weighted by atomic mass is 79.9. The molecule has 0 bridgehead atoms. The van der Waals surface area contributed by atoms with Gasteiger partial charge in [-0.05, 0) is 12.8 Å². The molecule has 2 fully saturated rings. The first-order valence-corrected chi connectivity index (χ1v) is 7.39. The molecule has 16 heavy (non-hydrogen) atoms. The molecule has 0 aromatic rings. The Labute approximate surface area is 106 Å². The van der Waals surface area contributed by atoms with Crippen molar-refractivity contribution >= 4 is 21.8 Å². The van der Waals surface area contributed by atoms with E-state index in [0.717, 1.165) is 24.7 Å². The Balaban J connectivity index is 1.95. The van der Waals surface area contributed by atoms with Gasteiger partial charge < -0.3 is 9.64 Å². The van der Waals surface area contributed by atoms with E-state index in [0.29, 0.717) is 19.1 Å². The molecule has 1 saturated carbocycles. The molecule has 2 aliphatic rings. The highest BCUT2D eigenvalue weighted by Gasteiger charge is 2.31. The molecule has 0 aromatic heterocycles. The van der Waals surface area contributed by atoms with Crippen LogP contribution >= 0.6 is 15.9 Å². The second-order valence-electron chi connectivity index (χ2n) is 4.75. The van der Waals surface area contributed by atoms with Crippen molar-refractivity contribution in [2.24, 2.45) is 5.92 Å². The van der Waals surface area contributed by atoms with Gasteiger partial charge in [0.1, 0.15) is 0 Å². The van der Waals surface area contributed by atoms with E-state index in [4.69, 9.17) is 4.74 Å². The second kappa shape index (κ2) is 6.01. The van der Waals surface area contributed by atoms with Crippen LogP contribution < -0.4 is 0 Å². The first-order valence-electron chi connectivity index (χ1n) is 6.27. The molecule has 0 spiro atoms. The first kappa shape index (κ1) is 12.4. The summed E-state index contributed by atoms with van der Waals surface area (Å²) in [6.07, 6.45) is 5.92. The van der Waals surface area contributed by atoms with Crippen LogP contribution in [-0.4, -0.2) is 41.9 Å². The smallest absolute Gasteiger partial charge is 0.226 e. The Morgan fingerprint density at radius 2 is 2.06 bits per heavy atom. The number of hydrogen-bond donors (Lipinski definition) is 0. The Morgan fingerprint density at radius 1 is 1.31 bits per heavy atom. The van der Waals surface area contributed by atoms with Gasteiger partial charge in [-0.1, -0.05) is 35.2 Å². The summed E-state index contributed by atoms with van der Waals surface area (Å²) in [7, 11) is 0. The predicted octanol–water partition coefficient (Wildman–Crippen LogP) is 2.19. The van der Waals surface area contributed by atoms with Crippen molar-refractivity contribution in [3.05, 3.63) is 0 Å². The molecule has 1 saturated heterocycles. The Bertz CT molecular complexity index is 241. The number of nitrogens with zero attached hydrogens (tertiary/aromatic N) is 1. The zero-order valence-electron chi connectivity index (χ0n) is 9.66. The van der Waals surface area contributed by atoms with E-state index in [1.54, 1.807) is 0 Å². The van der Waals surface area contributed by atoms with Gasteiger partial charge in [0.05, 0.1) is 19.3 Å². The summed E-state index contributed by atoms with van der Waals surface area (Å²) in [5, 5.41) is 0.825. The minimum absolute atomic E-state index is 0.239. The molecule has 1 heterocycles. The third kappa shape index (κ3) is 2.77. The quantitative estimate of drug-likeness (QED) is 0.730. The van der Waals surface area contributed by atoms with Crippen molar-refractivity contribution in [3.8, 4) is 0 Å². The molecule has 1 amide bonds. The fourth-order valence-electron chi connectivity index (χ4n) is 2.66. The number of morpholine rings is 1. The SMILES string of the molecule is O=C(C1CCCCC1)N1CCOCC1CBr. The normalized spacial score (nSPS) is 28.1. The Kier molecular flexibility index (Phi) is 4.65. The lowest BCUT2D eigenvalue weighted by Gasteiger charge is -2.37. The molecule has 1 atom stereocenters. The summed E-state index contributed by atoms with van der Waals surface area (Å²) in [5.41, 5.74) is 0. The fraction of sp³-hybridized carbons (Fsp3) is 0.917. The number of amides is 1. The monoisotopic (exact) mass is 289 g/mol. The van der Waals surface area contributed by atoms with Crippen molar-refractivity contribution in [2.45, 2.75) is 38.1 Å². The maximum Gasteiger partial charge on any atom is 0.226 e. The Morgan fingerprint density at radius 3 is 2.75 bits per heavy atom. The lowest BCUT2D eigenvalue weighted by atomic mass is 9.88. The summed E-state index contributed by atoms with van der Waals surface area (Å²) in [6, 6.07) is 0.239. The number of ether oxygens (including phenoxy) is 1. The molecule has 1 aliphatic heterocycles. The summed E-state index contributed by atoms with van der Waals surface area (Å²) in [4.78, 5) is 14.4. The molecule has 0 radical (unpaired) electrons. The molecular weight excluding hydrogens is 270 g/mol. The van der Waals surface area contributed by atoms with Gasteiger partial charge in [-0.25, -0.2) is 0 Å². The number of carbonyl (C=O) groups is 1. The fourth-order valence-corrected chi connectivity index (χ4v) is 3.19. The molecule has 1 unspecified atom stereocenters. The lowest BCUT2D eigenvalue weighted by Crippen LogP contribution is -2.51. The zero-order chi connectivity index (χ0) is 11.4. The van der Waals surface area contributed by atoms with E-state index in [9.17, 15) is 4.79 Å². The van der Waals surface area contributed by atoms with Crippen molar-refractivity contribution in [2.75, 3.05) is 25.1 Å². The van der Waals surface area contributed by atoms with E-state index in [1.807, 2.05) is 4.90 Å². The van der Waals surface area contributed by atoms with Crippen molar-refractivity contribution < 1.29 is 9.53 Å². The molecule has 4 heteroatoms. The Hall–Kier alpha value is -0.0900. The average Bonchev–Trinajstić information content (AvgIpc) is 2.39. The predicted molar refractivity (Wildman–Crippen MR) is 66.7 cm³/mol. The van der Waals surface area contributed by atoms with Gasteiger partial charge >= 0.3 is 0 Å². The number of rotatable bonds is 2. The van der Waals surface area contributed by atoms with Crippen molar-refractivity contribution in [1.82, 2.24) is 4.90 Å². The summed E-state index contributed by atoms with van der Waals surface area (Å²) >= 11 is 3.47. The van der Waals surface area contributed by atoms with Crippen LogP contribution in [0.2, 0.25) is 0 Å². The number of halogens is 1. The van der Waals surface area contributed by atoms with Gasteiger partial charge in [0, 0.05) is 17.8 Å². The summed E-state index contributed by atoms with van der Waals surface area (Å²) in [6.45, 7) is 2.15. The molecular formula is C12H20BrNO2. The van der Waals surface area contributed by atoms with Crippen LogP contribution in [0, 0.1) is 5.92 Å². The van der Waals surface area contributed by atoms with Crippen LogP contribution in [0.5, 0.6) is 0 Å². The molecule has 1 aliphatic carbocycles. The van der Waals surface area contributed by atoms with Crippen LogP contribution in [0.4, 0.5) is 0 Å². The molecule has 2 rings (SSSR count). The minimum Gasteiger partial charge on any atom is -0.377 e. The zero-order valence-corrected chi connectivity index (χ0v) is 11.2. The minimum atomic E-state index is 0.239. The van der Waals surface area contributed by atoms with E-state index < -0.39 is 0 Å². The second-order valence-corrected chi connectivity index (χ2v) is 5.40. The van der Waals surface area contributed by atoms with Crippen LogP contribution in [0.15, 0.2) is 0 Å². The van der Waals surface area contributed by atoms with Gasteiger partial charge in [0.25, 0.3) is 0 Å². The summed E-state index contributed by atoms with van der Waals surface area (Å²) in [5.74, 6) is 0.654. The number of carbonyl (C=O) groups excluding carboxylic acids is 1. The van der Waals surface area contributed by atoms with Gasteiger partial charge in [0.2, 0.25) is 5.91 Å². The third-order valence-electron chi connectivity index (χ3n) is 3.64. The number of alkyl halides is 1. The van der Waals surface area contributed by atoms with Gasteiger partial charge in [0.15, 0.2) is 0 Å². The third-order valence-corrected chi connectivity index (χ3v) is 4.39. The molecule has 92 valence electrons. The maximum absolute atomic E-state index is 12.4. The first-order chi connectivity index (χ1) is 7.83. The van der Waals surface area contributed by atoms with Crippen LogP contribution in [0.3, 0.4) is 0 Å². The van der Waals surface area contributed by atoms with E-state index in [1.165, 1.54) is 19.3 Å². The maximum atomic E-state index is 12.4. The lowest BCUT2D eigenvalue weighted by molar-refractivity contribution is -0.144. The van der Waals surface area contributed by atoms with E-state index in [-0.39, 0.29) is 12.0 Å². The average molecular weight is 290 g/mol. The largest absolute Gasteiger partial charge is 0.377 e. The van der Waals surface area contributed by atoms with E-state index in [2.05, 4.69) is 15.9 Å². The van der Waals surface area contributed by atoms with Crippen LogP contribution in [-0.2, 0) is 9.53 Å². The van der Waals surface area contributed by atoms with Crippen molar-refractivity contribution in [1.29, 1.82) is 0 Å². The van der Waals surface area contributed by atoms with Crippen LogP contribution in [0.25, 0.3) is 0 Å². The van der Waals surface area contributed by atoms with Crippen molar-refractivity contribution in [3.63, 3.8) is 0 Å². The molecule has 0 N–H and O–H groups in total. The summed E-state index contributed by atoms with van der Waals surface area (Å²) < 4.78 is 5.42.